The Morgan fingerprint density at radius 2 is 2.18 bits per heavy atom. The molecule has 1 saturated heterocycles. The number of carbonyl (C=O) groups excluding carboxylic acids is 2. The van der Waals surface area contributed by atoms with Gasteiger partial charge in [0.15, 0.2) is 23.9 Å². The van der Waals surface area contributed by atoms with Crippen LogP contribution in [0.15, 0.2) is 34.7 Å². The number of nitrogens with zero attached hydrogens (tertiary/aromatic N) is 1. The van der Waals surface area contributed by atoms with E-state index in [1.165, 1.54) is 18.4 Å². The molecule has 0 radical (unpaired) electrons. The van der Waals surface area contributed by atoms with Crippen LogP contribution in [-0.2, 0) is 14.3 Å². The Labute approximate surface area is 170 Å². The molecule has 7 nitrogen and oxygen atoms in total. The number of benzene rings is 1. The molecule has 1 aliphatic heterocycles. The number of hydrogen-bond acceptors (Lipinski definition) is 9. The molecule has 1 aromatic heterocycles. The summed E-state index contributed by atoms with van der Waals surface area (Å²) < 4.78 is 15.6. The number of ether oxygens (including phenoxy) is 3. The third kappa shape index (κ3) is 4.42. The van der Waals surface area contributed by atoms with Gasteiger partial charge in [0.05, 0.1) is 23.7 Å². The number of methoxy groups -OCH3 is 1. The molecule has 1 fully saturated rings. The minimum Gasteiger partial charge on any atom is -0.493 e. The molecule has 0 bridgehead atoms. The predicted octanol–water partition coefficient (Wildman–Crippen LogP) is 3.51. The highest BCUT2D eigenvalue weighted by Crippen LogP contribution is 2.41. The molecule has 1 aliphatic rings. The van der Waals surface area contributed by atoms with Gasteiger partial charge in [-0.1, -0.05) is 17.8 Å². The molecule has 0 amide bonds. The number of Topliss-reactive ketones (excluding diaryl/α,β-unsaturated/α-hetero) is 1. The van der Waals surface area contributed by atoms with Crippen molar-refractivity contribution in [2.45, 2.75) is 12.8 Å². The number of ketones is 1. The molecule has 1 atom stereocenters. The van der Waals surface area contributed by atoms with Crippen LogP contribution in [0.2, 0.25) is 0 Å². The van der Waals surface area contributed by atoms with Crippen molar-refractivity contribution in [2.75, 3.05) is 20.3 Å². The second-order valence-corrected chi connectivity index (χ2v) is 7.66. The molecule has 28 heavy (non-hydrogen) atoms. The monoisotopic (exact) mass is 418 g/mol. The van der Waals surface area contributed by atoms with E-state index in [0.717, 1.165) is 17.3 Å². The van der Waals surface area contributed by atoms with Crippen molar-refractivity contribution in [1.29, 1.82) is 5.41 Å². The number of rotatable bonds is 7. The van der Waals surface area contributed by atoms with E-state index < -0.39 is 11.9 Å². The first-order valence-electron chi connectivity index (χ1n) is 8.41. The molecule has 0 spiro atoms. The predicted molar refractivity (Wildman–Crippen MR) is 108 cm³/mol. The van der Waals surface area contributed by atoms with Gasteiger partial charge in [-0.05, 0) is 30.7 Å². The van der Waals surface area contributed by atoms with Gasteiger partial charge in [-0.3, -0.25) is 10.2 Å². The van der Waals surface area contributed by atoms with E-state index in [-0.39, 0.29) is 24.0 Å². The summed E-state index contributed by atoms with van der Waals surface area (Å²) in [5, 5.41) is 10.8. The third-order valence-corrected chi connectivity index (χ3v) is 5.66. The van der Waals surface area contributed by atoms with Crippen LogP contribution in [0.5, 0.6) is 11.5 Å². The standard InChI is InChI=1S/C19H18N2O5S2/c1-3-25-15(22)10-26-12-5-4-11(8-13(12)24-2)9-14-17(23)16(18(20)28-14)19-21-6-7-27-19/h4-9,16,20H,3,10H2,1-2H3/b14-9-,20-18?/t16-/m0/s1. The Morgan fingerprint density at radius 3 is 2.86 bits per heavy atom. The van der Waals surface area contributed by atoms with Crippen molar-refractivity contribution in [3.05, 3.63) is 45.3 Å². The van der Waals surface area contributed by atoms with Crippen LogP contribution in [0, 0.1) is 5.41 Å². The number of hydrogen-bond donors (Lipinski definition) is 1. The van der Waals surface area contributed by atoms with E-state index in [1.807, 2.05) is 0 Å². The summed E-state index contributed by atoms with van der Waals surface area (Å²) >= 11 is 2.51. The molecular formula is C19H18N2O5S2. The van der Waals surface area contributed by atoms with Crippen molar-refractivity contribution in [3.8, 4) is 11.5 Å². The Balaban J connectivity index is 1.78. The van der Waals surface area contributed by atoms with Crippen molar-refractivity contribution in [2.24, 2.45) is 0 Å². The number of aromatic nitrogens is 1. The second kappa shape index (κ2) is 9.03. The molecule has 0 unspecified atom stereocenters. The first kappa shape index (κ1) is 20.1. The highest BCUT2D eigenvalue weighted by atomic mass is 32.2. The lowest BCUT2D eigenvalue weighted by Gasteiger charge is -2.11. The highest BCUT2D eigenvalue weighted by Gasteiger charge is 2.38. The van der Waals surface area contributed by atoms with E-state index in [4.69, 9.17) is 19.6 Å². The molecule has 9 heteroatoms. The minimum absolute atomic E-state index is 0.133. The maximum absolute atomic E-state index is 12.7. The van der Waals surface area contributed by atoms with Crippen LogP contribution >= 0.6 is 23.1 Å². The number of thiazole rings is 1. The quantitative estimate of drug-likeness (QED) is 0.543. The molecule has 3 rings (SSSR count). The second-order valence-electron chi connectivity index (χ2n) is 5.65. The summed E-state index contributed by atoms with van der Waals surface area (Å²) in [6.07, 6.45) is 3.35. The van der Waals surface area contributed by atoms with Gasteiger partial charge in [-0.15, -0.1) is 11.3 Å². The summed E-state index contributed by atoms with van der Waals surface area (Å²) in [5.41, 5.74) is 0.726. The fourth-order valence-electron chi connectivity index (χ4n) is 2.57. The van der Waals surface area contributed by atoms with Crippen molar-refractivity contribution in [1.82, 2.24) is 4.98 Å². The Morgan fingerprint density at radius 1 is 1.36 bits per heavy atom. The number of esters is 1. The normalized spacial score (nSPS) is 17.8. The molecule has 2 heterocycles. The number of allylic oxidation sites excluding steroid dienone is 1. The molecule has 1 N–H and O–H groups in total. The maximum Gasteiger partial charge on any atom is 0.344 e. The van der Waals surface area contributed by atoms with E-state index in [2.05, 4.69) is 4.98 Å². The number of thioether (sulfide) groups is 1. The zero-order chi connectivity index (χ0) is 20.1. The first-order valence-corrected chi connectivity index (χ1v) is 10.1. The van der Waals surface area contributed by atoms with Gasteiger partial charge in [0.1, 0.15) is 10.9 Å². The number of nitrogens with one attached hydrogen (secondary N) is 1. The summed E-state index contributed by atoms with van der Waals surface area (Å²) in [6, 6.07) is 5.13. The molecule has 2 aromatic rings. The van der Waals surface area contributed by atoms with Gasteiger partial charge in [0, 0.05) is 11.6 Å². The van der Waals surface area contributed by atoms with Crippen LogP contribution in [0.25, 0.3) is 6.08 Å². The average molecular weight is 418 g/mol. The maximum atomic E-state index is 12.7. The topological polar surface area (TPSA) is 98.6 Å². The Kier molecular flexibility index (Phi) is 6.48. The van der Waals surface area contributed by atoms with Crippen LogP contribution in [0.4, 0.5) is 0 Å². The SMILES string of the molecule is CCOC(=O)COc1ccc(/C=C2\SC(=N)[C@@H](c3nccs3)C2=O)cc1OC. The third-order valence-electron chi connectivity index (χ3n) is 3.82. The zero-order valence-electron chi connectivity index (χ0n) is 15.3. The van der Waals surface area contributed by atoms with Gasteiger partial charge in [0.2, 0.25) is 0 Å². The van der Waals surface area contributed by atoms with Crippen LogP contribution in [-0.4, -0.2) is 42.1 Å². The van der Waals surface area contributed by atoms with Crippen molar-refractivity contribution >= 4 is 46.0 Å². The van der Waals surface area contributed by atoms with E-state index in [9.17, 15) is 9.59 Å². The molecule has 0 aliphatic carbocycles. The fraction of sp³-hybridized carbons (Fsp3) is 0.263. The van der Waals surface area contributed by atoms with E-state index in [0.29, 0.717) is 21.4 Å². The zero-order valence-corrected chi connectivity index (χ0v) is 16.9. The number of carbonyl (C=O) groups is 2. The van der Waals surface area contributed by atoms with E-state index >= 15 is 0 Å². The molecule has 1 aromatic carbocycles. The van der Waals surface area contributed by atoms with Gasteiger partial charge in [0.25, 0.3) is 0 Å². The minimum atomic E-state index is -0.620. The van der Waals surface area contributed by atoms with Gasteiger partial charge in [-0.2, -0.15) is 0 Å². The van der Waals surface area contributed by atoms with Crippen LogP contribution in [0.1, 0.15) is 23.4 Å². The van der Waals surface area contributed by atoms with Gasteiger partial charge in [-0.25, -0.2) is 9.78 Å². The largest absolute Gasteiger partial charge is 0.493 e. The van der Waals surface area contributed by atoms with E-state index in [1.54, 1.807) is 42.8 Å². The average Bonchev–Trinajstić information content (AvgIpc) is 3.29. The van der Waals surface area contributed by atoms with Crippen LogP contribution < -0.4 is 9.47 Å². The Hall–Kier alpha value is -2.65. The fourth-order valence-corrected chi connectivity index (χ4v) is 4.38. The summed E-state index contributed by atoms with van der Waals surface area (Å²) in [5.74, 6) is -0.385. The lowest BCUT2D eigenvalue weighted by molar-refractivity contribution is -0.145. The molecule has 146 valence electrons. The smallest absolute Gasteiger partial charge is 0.344 e. The summed E-state index contributed by atoms with van der Waals surface area (Å²) in [7, 11) is 1.49. The Bertz CT molecular complexity index is 924. The summed E-state index contributed by atoms with van der Waals surface area (Å²) in [6.45, 7) is 1.79. The lowest BCUT2D eigenvalue weighted by Crippen LogP contribution is -2.14. The van der Waals surface area contributed by atoms with Gasteiger partial charge < -0.3 is 14.2 Å². The van der Waals surface area contributed by atoms with Crippen molar-refractivity contribution in [3.63, 3.8) is 0 Å². The van der Waals surface area contributed by atoms with Crippen molar-refractivity contribution < 1.29 is 23.8 Å². The summed E-state index contributed by atoms with van der Waals surface area (Å²) in [4.78, 5) is 28.8. The molecule has 0 saturated carbocycles. The molecular weight excluding hydrogens is 400 g/mol. The van der Waals surface area contributed by atoms with Crippen LogP contribution in [0.3, 0.4) is 0 Å². The highest BCUT2D eigenvalue weighted by molar-refractivity contribution is 8.19. The van der Waals surface area contributed by atoms with Gasteiger partial charge >= 0.3 is 5.97 Å². The first-order chi connectivity index (χ1) is 13.5. The lowest BCUT2D eigenvalue weighted by atomic mass is 10.0.